The van der Waals surface area contributed by atoms with Crippen molar-refractivity contribution in [1.82, 2.24) is 5.32 Å². The molecule has 1 atom stereocenters. The minimum Gasteiger partial charge on any atom is -0.452 e. The average Bonchev–Trinajstić information content (AvgIpc) is 2.59. The molecule has 0 aliphatic rings. The summed E-state index contributed by atoms with van der Waals surface area (Å²) < 4.78 is 4.88. The molecule has 0 aliphatic carbocycles. The lowest BCUT2D eigenvalue weighted by Crippen LogP contribution is -2.31. The zero-order chi connectivity index (χ0) is 19.3. The fourth-order valence-electron chi connectivity index (χ4n) is 2.13. The van der Waals surface area contributed by atoms with Gasteiger partial charge < -0.3 is 10.1 Å². The molecule has 26 heavy (non-hydrogen) atoms. The topological polar surface area (TPSA) is 98.5 Å². The number of halogens is 2. The zero-order valence-corrected chi connectivity index (χ0v) is 15.1. The first kappa shape index (κ1) is 19.7. The molecule has 0 fully saturated rings. The smallest absolute Gasteiger partial charge is 0.340 e. The third-order valence-corrected chi connectivity index (χ3v) is 4.01. The van der Waals surface area contributed by atoms with Crippen LogP contribution in [0.4, 0.5) is 5.69 Å². The van der Waals surface area contributed by atoms with E-state index in [9.17, 15) is 19.7 Å². The van der Waals surface area contributed by atoms with E-state index in [0.29, 0.717) is 5.02 Å². The summed E-state index contributed by atoms with van der Waals surface area (Å²) in [6.45, 7) is 1.20. The number of amides is 1. The summed E-state index contributed by atoms with van der Waals surface area (Å²) in [6, 6.07) is 10.0. The molecule has 0 saturated heterocycles. The minimum absolute atomic E-state index is 0.00620. The highest BCUT2D eigenvalue weighted by Crippen LogP contribution is 2.23. The van der Waals surface area contributed by atoms with Gasteiger partial charge in [0.1, 0.15) is 0 Å². The number of non-ortho nitro benzene ring substituents is 1. The number of nitrogens with zero attached hydrogens (tertiary/aromatic N) is 1. The van der Waals surface area contributed by atoms with Crippen LogP contribution in [0.3, 0.4) is 0 Å². The lowest BCUT2D eigenvalue weighted by atomic mass is 10.1. The van der Waals surface area contributed by atoms with Crippen LogP contribution in [0.5, 0.6) is 0 Å². The summed E-state index contributed by atoms with van der Waals surface area (Å²) in [7, 11) is 0. The predicted octanol–water partition coefficient (Wildman–Crippen LogP) is 3.94. The molecule has 2 rings (SSSR count). The van der Waals surface area contributed by atoms with Crippen molar-refractivity contribution in [2.75, 3.05) is 6.61 Å². The van der Waals surface area contributed by atoms with E-state index in [-0.39, 0.29) is 22.3 Å². The van der Waals surface area contributed by atoms with Gasteiger partial charge in [0, 0.05) is 17.2 Å². The predicted molar refractivity (Wildman–Crippen MR) is 96.4 cm³/mol. The van der Waals surface area contributed by atoms with Crippen LogP contribution in [0, 0.1) is 10.1 Å². The van der Waals surface area contributed by atoms with Gasteiger partial charge in [0.05, 0.1) is 21.6 Å². The first-order valence-corrected chi connectivity index (χ1v) is 8.19. The zero-order valence-electron chi connectivity index (χ0n) is 13.6. The molecule has 0 heterocycles. The number of nitrogens with one attached hydrogen (secondary N) is 1. The van der Waals surface area contributed by atoms with Crippen LogP contribution in [-0.2, 0) is 9.53 Å². The van der Waals surface area contributed by atoms with Crippen molar-refractivity contribution in [1.29, 1.82) is 0 Å². The Balaban J connectivity index is 1.96. The Labute approximate surface area is 159 Å². The van der Waals surface area contributed by atoms with Gasteiger partial charge in [-0.1, -0.05) is 35.3 Å². The largest absolute Gasteiger partial charge is 0.452 e. The third-order valence-electron chi connectivity index (χ3n) is 3.44. The number of nitro groups is 1. The van der Waals surface area contributed by atoms with Crippen LogP contribution in [-0.4, -0.2) is 23.4 Å². The number of hydrogen-bond acceptors (Lipinski definition) is 5. The molecule has 9 heteroatoms. The Morgan fingerprint density at radius 2 is 1.96 bits per heavy atom. The van der Waals surface area contributed by atoms with Crippen LogP contribution in [0.15, 0.2) is 42.5 Å². The van der Waals surface area contributed by atoms with E-state index in [0.717, 1.165) is 11.6 Å². The number of nitro benzene ring substituents is 1. The molecule has 1 amide bonds. The number of hydrogen-bond donors (Lipinski definition) is 1. The number of carbonyl (C=O) groups excluding carboxylic acids is 2. The van der Waals surface area contributed by atoms with Crippen molar-refractivity contribution in [2.45, 2.75) is 13.0 Å². The molecular weight excluding hydrogens is 383 g/mol. The fourth-order valence-corrected chi connectivity index (χ4v) is 2.53. The van der Waals surface area contributed by atoms with Crippen molar-refractivity contribution >= 4 is 40.8 Å². The van der Waals surface area contributed by atoms with E-state index >= 15 is 0 Å². The second-order valence-electron chi connectivity index (χ2n) is 5.34. The Hall–Kier alpha value is -2.64. The third kappa shape index (κ3) is 5.18. The summed E-state index contributed by atoms with van der Waals surface area (Å²) >= 11 is 11.8. The van der Waals surface area contributed by atoms with E-state index in [1.54, 1.807) is 31.2 Å². The van der Waals surface area contributed by atoms with Gasteiger partial charge in [-0.2, -0.15) is 0 Å². The van der Waals surface area contributed by atoms with Crippen molar-refractivity contribution in [3.8, 4) is 0 Å². The van der Waals surface area contributed by atoms with Gasteiger partial charge in [-0.3, -0.25) is 14.9 Å². The maximum Gasteiger partial charge on any atom is 0.340 e. The molecule has 0 aromatic heterocycles. The summed E-state index contributed by atoms with van der Waals surface area (Å²) in [4.78, 5) is 34.1. The molecule has 0 unspecified atom stereocenters. The molecule has 2 aromatic rings. The highest BCUT2D eigenvalue weighted by Gasteiger charge is 2.18. The first-order chi connectivity index (χ1) is 12.3. The molecule has 0 spiro atoms. The van der Waals surface area contributed by atoms with Gasteiger partial charge in [0.15, 0.2) is 6.61 Å². The number of rotatable bonds is 6. The highest BCUT2D eigenvalue weighted by atomic mass is 35.5. The summed E-state index contributed by atoms with van der Waals surface area (Å²) in [5.74, 6) is -1.46. The van der Waals surface area contributed by atoms with Gasteiger partial charge in [-0.15, -0.1) is 0 Å². The monoisotopic (exact) mass is 396 g/mol. The van der Waals surface area contributed by atoms with E-state index in [1.165, 1.54) is 12.1 Å². The second kappa shape index (κ2) is 8.64. The molecule has 7 nitrogen and oxygen atoms in total. The van der Waals surface area contributed by atoms with Crippen molar-refractivity contribution in [3.63, 3.8) is 0 Å². The number of ether oxygens (including phenoxy) is 1. The van der Waals surface area contributed by atoms with Crippen LogP contribution in [0.1, 0.15) is 28.9 Å². The summed E-state index contributed by atoms with van der Waals surface area (Å²) in [5, 5.41) is 14.0. The molecule has 0 radical (unpaired) electrons. The Morgan fingerprint density at radius 1 is 1.23 bits per heavy atom. The van der Waals surface area contributed by atoms with Crippen LogP contribution >= 0.6 is 23.2 Å². The summed E-state index contributed by atoms with van der Waals surface area (Å²) in [6.07, 6.45) is 0. The normalized spacial score (nSPS) is 11.5. The second-order valence-corrected chi connectivity index (χ2v) is 6.19. The average molecular weight is 397 g/mol. The molecule has 0 saturated carbocycles. The number of benzene rings is 2. The fraction of sp³-hybridized carbons (Fsp3) is 0.176. The molecule has 0 aliphatic heterocycles. The van der Waals surface area contributed by atoms with Gasteiger partial charge >= 0.3 is 5.97 Å². The summed E-state index contributed by atoms with van der Waals surface area (Å²) in [5.41, 5.74) is 0.302. The van der Waals surface area contributed by atoms with E-state index < -0.39 is 23.4 Å². The number of carbonyl (C=O) groups is 2. The van der Waals surface area contributed by atoms with Crippen molar-refractivity contribution < 1.29 is 19.2 Å². The minimum atomic E-state index is -0.927. The SMILES string of the molecule is C[C@@H](NC(=O)COC(=O)c1cc([N+](=O)[O-])ccc1Cl)c1cccc(Cl)c1. The number of esters is 1. The quantitative estimate of drug-likeness (QED) is 0.452. The maximum atomic E-state index is 12.0. The van der Waals surface area contributed by atoms with Crippen LogP contribution in [0.2, 0.25) is 10.0 Å². The molecule has 2 aromatic carbocycles. The van der Waals surface area contributed by atoms with E-state index in [4.69, 9.17) is 27.9 Å². The van der Waals surface area contributed by atoms with Crippen LogP contribution in [0.25, 0.3) is 0 Å². The van der Waals surface area contributed by atoms with Crippen LogP contribution < -0.4 is 5.32 Å². The molecule has 136 valence electrons. The molecule has 0 bridgehead atoms. The Kier molecular flexibility index (Phi) is 6.54. The van der Waals surface area contributed by atoms with Crippen molar-refractivity contribution in [2.24, 2.45) is 0 Å². The standard InChI is InChI=1S/C17H14Cl2N2O5/c1-10(11-3-2-4-12(18)7-11)20-16(22)9-26-17(23)14-8-13(21(24)25)5-6-15(14)19/h2-8,10H,9H2,1H3,(H,20,22)/t10-/m1/s1. The first-order valence-electron chi connectivity index (χ1n) is 7.44. The highest BCUT2D eigenvalue weighted by molar-refractivity contribution is 6.33. The van der Waals surface area contributed by atoms with E-state index in [2.05, 4.69) is 5.32 Å². The van der Waals surface area contributed by atoms with Gasteiger partial charge in [0.2, 0.25) is 0 Å². The molecule has 1 N–H and O–H groups in total. The molecular formula is C17H14Cl2N2O5. The lowest BCUT2D eigenvalue weighted by Gasteiger charge is -2.14. The lowest BCUT2D eigenvalue weighted by molar-refractivity contribution is -0.384. The maximum absolute atomic E-state index is 12.0. The van der Waals surface area contributed by atoms with Crippen molar-refractivity contribution in [3.05, 3.63) is 73.8 Å². The van der Waals surface area contributed by atoms with Gasteiger partial charge in [-0.25, -0.2) is 4.79 Å². The van der Waals surface area contributed by atoms with Gasteiger partial charge in [0.25, 0.3) is 11.6 Å². The van der Waals surface area contributed by atoms with Gasteiger partial charge in [-0.05, 0) is 30.7 Å². The van der Waals surface area contributed by atoms with E-state index in [1.807, 2.05) is 0 Å². The Morgan fingerprint density at radius 3 is 2.62 bits per heavy atom. The Bertz CT molecular complexity index is 857.